The number of rotatable bonds is 8. The number of aryl methyl sites for hydroxylation is 1. The van der Waals surface area contributed by atoms with Crippen LogP contribution in [0.5, 0.6) is 0 Å². The van der Waals surface area contributed by atoms with E-state index in [0.717, 1.165) is 33.5 Å². The second-order valence-electron chi connectivity index (χ2n) is 7.16. The Morgan fingerprint density at radius 2 is 1.59 bits per heavy atom. The molecule has 0 aliphatic carbocycles. The topological polar surface area (TPSA) is 72.3 Å². The molecule has 3 aromatic carbocycles. The van der Waals surface area contributed by atoms with E-state index in [2.05, 4.69) is 33.8 Å². The van der Waals surface area contributed by atoms with E-state index < -0.39 is 0 Å². The van der Waals surface area contributed by atoms with Gasteiger partial charge in [0.25, 0.3) is 5.91 Å². The molecular weight excluding hydrogens is 402 g/mol. The normalized spacial score (nSPS) is 11.8. The second-order valence-corrected chi connectivity index (χ2v) is 7.16. The zero-order valence-electron chi connectivity index (χ0n) is 18.8. The highest BCUT2D eigenvalue weighted by Crippen LogP contribution is 2.24. The zero-order valence-corrected chi connectivity index (χ0v) is 18.8. The predicted octanol–water partition coefficient (Wildman–Crippen LogP) is 4.70. The summed E-state index contributed by atoms with van der Waals surface area (Å²) in [6.07, 6.45) is 0. The average molecular weight is 430 g/mol. The highest BCUT2D eigenvalue weighted by molar-refractivity contribution is 6.45. The Balaban J connectivity index is 1.88. The quantitative estimate of drug-likeness (QED) is 0.417. The number of carbonyl (C=O) groups is 1. The Morgan fingerprint density at radius 3 is 2.31 bits per heavy atom. The zero-order chi connectivity index (χ0) is 22.9. The molecule has 0 aliphatic heterocycles. The molecule has 32 heavy (non-hydrogen) atoms. The molecule has 0 aliphatic rings. The third-order valence-electron chi connectivity index (χ3n) is 5.10. The van der Waals surface area contributed by atoms with E-state index in [0.29, 0.717) is 5.56 Å². The summed E-state index contributed by atoms with van der Waals surface area (Å²) in [5, 5.41) is 10.9. The van der Waals surface area contributed by atoms with Crippen LogP contribution in [0.4, 0.5) is 0 Å². The maximum atomic E-state index is 12.3. The number of amides is 1. The fourth-order valence-corrected chi connectivity index (χ4v) is 3.45. The number of nitrogens with one attached hydrogen (secondary N) is 1. The highest BCUT2D eigenvalue weighted by atomic mass is 16.6. The largest absolute Gasteiger partial charge is 0.398 e. The number of benzene rings is 3. The molecule has 0 saturated heterocycles. The van der Waals surface area contributed by atoms with Crippen LogP contribution in [0.3, 0.4) is 0 Å². The van der Waals surface area contributed by atoms with Gasteiger partial charge in [0, 0.05) is 23.7 Å². The maximum absolute atomic E-state index is 12.3. The van der Waals surface area contributed by atoms with Gasteiger partial charge in [-0.15, -0.1) is 0 Å². The van der Waals surface area contributed by atoms with E-state index in [4.69, 9.17) is 9.68 Å². The van der Waals surface area contributed by atoms with Crippen molar-refractivity contribution in [2.45, 2.75) is 20.5 Å². The number of hydrogen-bond acceptors (Lipinski definition) is 5. The Bertz CT molecular complexity index is 1140. The fraction of sp³-hybridized carbons (Fsp3) is 0.192. The Morgan fingerprint density at radius 1 is 0.906 bits per heavy atom. The minimum atomic E-state index is -0.338. The molecular formula is C26H27N3O3. The summed E-state index contributed by atoms with van der Waals surface area (Å²) in [6.45, 7) is 4.06. The number of nitrogens with zero attached hydrogens (tertiary/aromatic N) is 2. The van der Waals surface area contributed by atoms with Gasteiger partial charge in [-0.3, -0.25) is 4.79 Å². The first-order chi connectivity index (χ1) is 15.6. The molecule has 1 N–H and O–H groups in total. The highest BCUT2D eigenvalue weighted by Gasteiger charge is 2.19. The molecule has 0 fully saturated rings. The Kier molecular flexibility index (Phi) is 7.75. The molecule has 3 rings (SSSR count). The van der Waals surface area contributed by atoms with Crippen molar-refractivity contribution in [2.24, 2.45) is 10.3 Å². The van der Waals surface area contributed by atoms with E-state index in [9.17, 15) is 4.79 Å². The van der Waals surface area contributed by atoms with E-state index in [1.807, 2.05) is 68.4 Å². The predicted molar refractivity (Wildman–Crippen MR) is 128 cm³/mol. The van der Waals surface area contributed by atoms with Gasteiger partial charge in [0.15, 0.2) is 5.71 Å². The van der Waals surface area contributed by atoms with Crippen LogP contribution >= 0.6 is 0 Å². The lowest BCUT2D eigenvalue weighted by Gasteiger charge is -2.13. The molecule has 6 heteroatoms. The van der Waals surface area contributed by atoms with E-state index in [1.54, 1.807) is 7.05 Å². The van der Waals surface area contributed by atoms with E-state index >= 15 is 0 Å². The third kappa shape index (κ3) is 5.21. The smallest absolute Gasteiger partial charge is 0.273 e. The molecule has 0 heterocycles. The van der Waals surface area contributed by atoms with Crippen LogP contribution in [0.1, 0.15) is 29.2 Å². The van der Waals surface area contributed by atoms with E-state index in [1.165, 1.54) is 7.11 Å². The van der Waals surface area contributed by atoms with E-state index in [-0.39, 0.29) is 18.2 Å². The fourth-order valence-electron chi connectivity index (χ4n) is 3.45. The number of carbonyl (C=O) groups excluding carboxylic acids is 1. The average Bonchev–Trinajstić information content (AvgIpc) is 2.83. The van der Waals surface area contributed by atoms with Crippen molar-refractivity contribution >= 4 is 17.3 Å². The van der Waals surface area contributed by atoms with Gasteiger partial charge < -0.3 is 15.0 Å². The summed E-state index contributed by atoms with van der Waals surface area (Å²) >= 11 is 0. The number of hydrogen-bond donors (Lipinski definition) is 1. The molecule has 0 bridgehead atoms. The van der Waals surface area contributed by atoms with Crippen molar-refractivity contribution in [3.63, 3.8) is 0 Å². The molecule has 3 aromatic rings. The van der Waals surface area contributed by atoms with Crippen LogP contribution in [0, 0.1) is 6.92 Å². The van der Waals surface area contributed by atoms with Crippen LogP contribution in [0.15, 0.2) is 83.1 Å². The van der Waals surface area contributed by atoms with Crippen LogP contribution in [-0.2, 0) is 21.1 Å². The van der Waals surface area contributed by atoms with Crippen molar-refractivity contribution in [2.75, 3.05) is 14.2 Å². The summed E-state index contributed by atoms with van der Waals surface area (Å²) in [5.74, 6) is -0.338. The first-order valence-corrected chi connectivity index (χ1v) is 10.3. The minimum absolute atomic E-state index is 0.187. The minimum Gasteiger partial charge on any atom is -0.398 e. The lowest BCUT2D eigenvalue weighted by Crippen LogP contribution is -2.29. The molecule has 0 saturated carbocycles. The van der Waals surface area contributed by atoms with Gasteiger partial charge >= 0.3 is 0 Å². The number of likely N-dealkylation sites (N-methyl/N-ethyl adjacent to an activating group) is 1. The SMILES string of the molecule is CNC(=O)/C(=N/OC)c1cccc(C)c1CO/N=C(\C)c1ccccc1-c1ccccc1. The number of oxime groups is 2. The maximum Gasteiger partial charge on any atom is 0.273 e. The van der Waals surface area contributed by atoms with Crippen LogP contribution in [0.25, 0.3) is 11.1 Å². The molecule has 0 radical (unpaired) electrons. The van der Waals surface area contributed by atoms with Gasteiger partial charge in [-0.2, -0.15) is 0 Å². The van der Waals surface area contributed by atoms with Crippen molar-refractivity contribution in [3.8, 4) is 11.1 Å². The van der Waals surface area contributed by atoms with Crippen LogP contribution in [0.2, 0.25) is 0 Å². The van der Waals surface area contributed by atoms with Gasteiger partial charge in [-0.1, -0.05) is 83.1 Å². The molecule has 0 aromatic heterocycles. The standard InChI is InChI=1S/C26H27N3O3/c1-18-11-10-16-23(25(29-31-4)26(30)27-3)24(18)17-32-28-19(2)21-14-8-9-15-22(21)20-12-6-5-7-13-20/h5-16H,17H2,1-4H3,(H,27,30)/b28-19+,29-25+. The van der Waals surface area contributed by atoms with Gasteiger partial charge in [0.2, 0.25) is 0 Å². The lowest BCUT2D eigenvalue weighted by atomic mass is 9.97. The first kappa shape index (κ1) is 22.7. The first-order valence-electron chi connectivity index (χ1n) is 10.3. The summed E-state index contributed by atoms with van der Waals surface area (Å²) < 4.78 is 0. The van der Waals surface area contributed by atoms with Gasteiger partial charge in [-0.25, -0.2) is 0 Å². The summed E-state index contributed by atoms with van der Waals surface area (Å²) in [4.78, 5) is 23.0. The summed E-state index contributed by atoms with van der Waals surface area (Å²) in [6, 6.07) is 23.9. The Hall–Kier alpha value is -3.93. The monoisotopic (exact) mass is 429 g/mol. The van der Waals surface area contributed by atoms with Crippen molar-refractivity contribution in [1.82, 2.24) is 5.32 Å². The Labute approximate surface area is 188 Å². The van der Waals surface area contributed by atoms with Gasteiger partial charge in [0.05, 0.1) is 5.71 Å². The van der Waals surface area contributed by atoms with Crippen molar-refractivity contribution < 1.29 is 14.5 Å². The van der Waals surface area contributed by atoms with Crippen LogP contribution < -0.4 is 5.32 Å². The van der Waals surface area contributed by atoms with Gasteiger partial charge in [-0.05, 0) is 30.5 Å². The van der Waals surface area contributed by atoms with Crippen LogP contribution in [-0.4, -0.2) is 31.5 Å². The van der Waals surface area contributed by atoms with Crippen molar-refractivity contribution in [1.29, 1.82) is 0 Å². The summed E-state index contributed by atoms with van der Waals surface area (Å²) in [7, 11) is 2.96. The van der Waals surface area contributed by atoms with Gasteiger partial charge in [0.1, 0.15) is 13.7 Å². The molecule has 0 unspecified atom stereocenters. The molecule has 0 atom stereocenters. The second kappa shape index (κ2) is 10.9. The molecule has 164 valence electrons. The molecule has 1 amide bonds. The third-order valence-corrected chi connectivity index (χ3v) is 5.10. The molecule has 6 nitrogen and oxygen atoms in total. The molecule has 0 spiro atoms. The summed E-state index contributed by atoms with van der Waals surface area (Å²) in [5.41, 5.74) is 6.57. The van der Waals surface area contributed by atoms with Crippen molar-refractivity contribution in [3.05, 3.63) is 95.1 Å². The lowest BCUT2D eigenvalue weighted by molar-refractivity contribution is -0.114.